The molecular formula is C27H29BrClFN4O5. The number of hydrogen-bond donors (Lipinski definition) is 2. The van der Waals surface area contributed by atoms with Crippen molar-refractivity contribution in [3.63, 3.8) is 0 Å². The van der Waals surface area contributed by atoms with Gasteiger partial charge in [-0.25, -0.2) is 18.5 Å². The van der Waals surface area contributed by atoms with Crippen LogP contribution in [-0.4, -0.2) is 44.4 Å². The predicted molar refractivity (Wildman–Crippen MR) is 143 cm³/mol. The number of rotatable bonds is 11. The summed E-state index contributed by atoms with van der Waals surface area (Å²) in [4.78, 5) is 38.8. The third-order valence-corrected chi connectivity index (χ3v) is 5.61. The van der Waals surface area contributed by atoms with Crippen LogP contribution in [0.2, 0.25) is 0 Å². The number of carbonyl (C=O) groups is 3. The van der Waals surface area contributed by atoms with Crippen LogP contribution in [0.3, 0.4) is 0 Å². The van der Waals surface area contributed by atoms with Crippen LogP contribution in [-0.2, 0) is 16.0 Å². The number of nitrogens with zero attached hydrogens (tertiary/aromatic N) is 2. The minimum Gasteiger partial charge on any atom is -1.00 e. The zero-order chi connectivity index (χ0) is 27.3. The fraction of sp³-hybridized carbons (Fsp3) is 0.259. The van der Waals surface area contributed by atoms with Crippen molar-refractivity contribution in [1.29, 1.82) is 0 Å². The summed E-state index contributed by atoms with van der Waals surface area (Å²) >= 11 is 3.47. The van der Waals surface area contributed by atoms with Crippen molar-refractivity contribution in [2.75, 3.05) is 36.5 Å². The Bertz CT molecular complexity index is 1230. The van der Waals surface area contributed by atoms with Gasteiger partial charge in [0, 0.05) is 17.8 Å². The molecule has 3 aromatic rings. The molecule has 0 fully saturated rings. The Labute approximate surface area is 240 Å². The number of hydrogen-bond acceptors (Lipinski definition) is 5. The second-order valence-electron chi connectivity index (χ2n) is 8.10. The molecule has 2 N–H and O–H groups in total. The van der Waals surface area contributed by atoms with E-state index in [2.05, 4.69) is 33.5 Å². The van der Waals surface area contributed by atoms with E-state index in [1.54, 1.807) is 17.2 Å². The Morgan fingerprint density at radius 1 is 0.974 bits per heavy atom. The third kappa shape index (κ3) is 10.5. The molecule has 3 rings (SSSR count). The molecule has 0 unspecified atom stereocenters. The normalized spacial score (nSPS) is 10.1. The molecule has 0 aliphatic rings. The lowest BCUT2D eigenvalue weighted by molar-refractivity contribution is -0.697. The molecule has 2 aromatic carbocycles. The number of para-hydroxylation sites is 1. The van der Waals surface area contributed by atoms with E-state index in [0.29, 0.717) is 16.9 Å². The van der Waals surface area contributed by atoms with Crippen molar-refractivity contribution >= 4 is 45.4 Å². The van der Waals surface area contributed by atoms with Crippen molar-refractivity contribution in [1.82, 2.24) is 5.32 Å². The molecule has 1 heterocycles. The number of alkyl carbamates (subject to hydrolysis) is 1. The van der Waals surface area contributed by atoms with Gasteiger partial charge in [-0.3, -0.25) is 10.1 Å². The molecule has 0 aliphatic carbocycles. The minimum absolute atomic E-state index is 0. The number of nitrogens with one attached hydrogen (secondary N) is 2. The van der Waals surface area contributed by atoms with Crippen LogP contribution in [0.25, 0.3) is 0 Å². The predicted octanol–water partition coefficient (Wildman–Crippen LogP) is 1.91. The van der Waals surface area contributed by atoms with Crippen molar-refractivity contribution in [2.45, 2.75) is 19.9 Å². The second kappa shape index (κ2) is 16.3. The van der Waals surface area contributed by atoms with Crippen LogP contribution in [0.5, 0.6) is 0 Å². The van der Waals surface area contributed by atoms with E-state index < -0.39 is 18.0 Å². The molecule has 9 nitrogen and oxygen atoms in total. The number of amides is 3. The molecule has 1 aromatic heterocycles. The van der Waals surface area contributed by atoms with Crippen molar-refractivity contribution in [2.24, 2.45) is 0 Å². The molecule has 39 heavy (non-hydrogen) atoms. The minimum atomic E-state index is -0.739. The van der Waals surface area contributed by atoms with Gasteiger partial charge < -0.3 is 32.1 Å². The highest BCUT2D eigenvalue weighted by atomic mass is 79.9. The van der Waals surface area contributed by atoms with E-state index in [0.717, 1.165) is 17.4 Å². The number of aryl methyl sites for hydroxylation is 1. The molecular weight excluding hydrogens is 595 g/mol. The Hall–Kier alpha value is -3.70. The lowest BCUT2D eigenvalue weighted by Crippen LogP contribution is -3.00. The SMILES string of the molecule is CCC[n+]1cc(Br)cc(C(=O)N(CCOC(=O)NCCOC(=O)Nc2ccc(F)cc2)c2ccccc2)c1.[Cl-]. The molecule has 12 heteroatoms. The lowest BCUT2D eigenvalue weighted by atomic mass is 10.2. The number of aromatic nitrogens is 1. The van der Waals surface area contributed by atoms with Crippen molar-refractivity contribution in [3.8, 4) is 0 Å². The zero-order valence-electron chi connectivity index (χ0n) is 21.2. The van der Waals surface area contributed by atoms with Gasteiger partial charge in [0.1, 0.15) is 31.1 Å². The maximum Gasteiger partial charge on any atom is 0.411 e. The smallest absolute Gasteiger partial charge is 0.411 e. The van der Waals surface area contributed by atoms with Crippen molar-refractivity contribution < 1.29 is 45.2 Å². The summed E-state index contributed by atoms with van der Waals surface area (Å²) < 4.78 is 25.9. The Balaban J connectivity index is 0.00000533. The van der Waals surface area contributed by atoms with Crippen LogP contribution >= 0.6 is 15.9 Å². The van der Waals surface area contributed by atoms with Gasteiger partial charge in [0.05, 0.1) is 17.6 Å². The maximum atomic E-state index is 13.4. The Morgan fingerprint density at radius 3 is 2.36 bits per heavy atom. The first kappa shape index (κ1) is 31.5. The summed E-state index contributed by atoms with van der Waals surface area (Å²) in [5.74, 6) is -0.650. The molecule has 3 amide bonds. The van der Waals surface area contributed by atoms with Gasteiger partial charge in [0.2, 0.25) is 0 Å². The summed E-state index contributed by atoms with van der Waals surface area (Å²) in [6.45, 7) is 2.83. The van der Waals surface area contributed by atoms with E-state index in [4.69, 9.17) is 9.47 Å². The maximum absolute atomic E-state index is 13.4. The highest BCUT2D eigenvalue weighted by Gasteiger charge is 2.21. The number of halogens is 3. The van der Waals surface area contributed by atoms with Gasteiger partial charge in [0.25, 0.3) is 5.91 Å². The van der Waals surface area contributed by atoms with Gasteiger partial charge in [-0.15, -0.1) is 0 Å². The first-order valence-electron chi connectivity index (χ1n) is 12.0. The molecule has 0 bridgehead atoms. The fourth-order valence-electron chi connectivity index (χ4n) is 3.48. The standard InChI is InChI=1S/C27H28BrFN4O5.ClH/c1-2-13-32-18-20(17-21(28)19-32)25(34)33(24-6-4-3-5-7-24)14-16-38-26(35)30-12-15-37-27(36)31-23-10-8-22(29)9-11-23;/h3-11,17-19H,2,12-16H2,1H3,(H-,30,31,35,36);1H. The highest BCUT2D eigenvalue weighted by molar-refractivity contribution is 9.10. The van der Waals surface area contributed by atoms with Gasteiger partial charge in [0.15, 0.2) is 12.4 Å². The molecule has 0 aliphatic heterocycles. The van der Waals surface area contributed by atoms with Gasteiger partial charge in [-0.2, -0.15) is 0 Å². The quantitative estimate of drug-likeness (QED) is 0.251. The van der Waals surface area contributed by atoms with Gasteiger partial charge in [-0.1, -0.05) is 25.1 Å². The summed E-state index contributed by atoms with van der Waals surface area (Å²) in [7, 11) is 0. The number of carbonyl (C=O) groups excluding carboxylic acids is 3. The van der Waals surface area contributed by atoms with Crippen LogP contribution in [0.1, 0.15) is 23.7 Å². The summed E-state index contributed by atoms with van der Waals surface area (Å²) in [6.07, 6.45) is 3.18. The molecule has 0 spiro atoms. The molecule has 0 atom stereocenters. The topological polar surface area (TPSA) is 101 Å². The average molecular weight is 624 g/mol. The number of ether oxygens (including phenoxy) is 2. The van der Waals surface area contributed by atoms with Crippen LogP contribution in [0, 0.1) is 5.82 Å². The van der Waals surface area contributed by atoms with E-state index in [9.17, 15) is 18.8 Å². The summed E-state index contributed by atoms with van der Waals surface area (Å²) in [5.41, 5.74) is 1.55. The summed E-state index contributed by atoms with van der Waals surface area (Å²) in [6, 6.07) is 16.1. The van der Waals surface area contributed by atoms with Gasteiger partial charge >= 0.3 is 12.2 Å². The highest BCUT2D eigenvalue weighted by Crippen LogP contribution is 2.18. The Kier molecular flexibility index (Phi) is 13.2. The first-order chi connectivity index (χ1) is 18.4. The second-order valence-corrected chi connectivity index (χ2v) is 9.02. The molecule has 0 saturated carbocycles. The van der Waals surface area contributed by atoms with E-state index in [1.165, 1.54) is 24.3 Å². The first-order valence-corrected chi connectivity index (χ1v) is 12.8. The molecule has 208 valence electrons. The summed E-state index contributed by atoms with van der Waals surface area (Å²) in [5, 5.41) is 4.93. The Morgan fingerprint density at radius 2 is 1.67 bits per heavy atom. The van der Waals surface area contributed by atoms with Crippen LogP contribution < -0.4 is 32.5 Å². The number of benzene rings is 2. The fourth-order valence-corrected chi connectivity index (χ4v) is 3.99. The zero-order valence-corrected chi connectivity index (χ0v) is 23.6. The van der Waals surface area contributed by atoms with E-state index in [1.807, 2.05) is 41.1 Å². The van der Waals surface area contributed by atoms with Gasteiger partial charge in [-0.05, 0) is 58.4 Å². The monoisotopic (exact) mass is 622 g/mol. The van der Waals surface area contributed by atoms with E-state index >= 15 is 0 Å². The van der Waals surface area contributed by atoms with E-state index in [-0.39, 0.29) is 44.6 Å². The lowest BCUT2D eigenvalue weighted by Gasteiger charge is -2.22. The molecule has 0 radical (unpaired) electrons. The average Bonchev–Trinajstić information content (AvgIpc) is 2.90. The number of pyridine rings is 1. The van der Waals surface area contributed by atoms with Crippen LogP contribution in [0.15, 0.2) is 77.5 Å². The van der Waals surface area contributed by atoms with Crippen molar-refractivity contribution in [3.05, 3.63) is 88.9 Å². The molecule has 0 saturated heterocycles. The third-order valence-electron chi connectivity index (χ3n) is 5.17. The largest absolute Gasteiger partial charge is 1.00 e. The number of anilines is 2. The van der Waals surface area contributed by atoms with Crippen LogP contribution in [0.4, 0.5) is 25.4 Å².